The Morgan fingerprint density at radius 3 is 2.35 bits per heavy atom. The predicted molar refractivity (Wildman–Crippen MR) is 114 cm³/mol. The standard InChI is InChI=1S/C22H16F6N8O/c1-10(11-2-5-15(30-9-11)21(23,24)25)36-19-17(13(8-29)33-36)20(37)32-18(31-19)12-3-4-14(12)35-7-6-16(34-35)22(26,27)28/h2,5-7,9-10,12,14H,3-4H2,1H3,(H,31,32,37)/t10-,12+,14+/m1/s1. The van der Waals surface area contributed by atoms with Crippen LogP contribution in [0.3, 0.4) is 0 Å². The summed E-state index contributed by atoms with van der Waals surface area (Å²) in [5, 5.41) is 17.2. The van der Waals surface area contributed by atoms with Gasteiger partial charge in [0.2, 0.25) is 0 Å². The third-order valence-corrected chi connectivity index (χ3v) is 6.44. The van der Waals surface area contributed by atoms with Crippen LogP contribution in [0.1, 0.15) is 66.2 Å². The average molecular weight is 522 g/mol. The van der Waals surface area contributed by atoms with Crippen molar-refractivity contribution in [3.8, 4) is 6.07 Å². The van der Waals surface area contributed by atoms with E-state index in [1.807, 2.05) is 6.07 Å². The predicted octanol–water partition coefficient (Wildman–Crippen LogP) is 4.35. The van der Waals surface area contributed by atoms with Gasteiger partial charge in [-0.2, -0.15) is 41.8 Å². The molecule has 0 aliphatic heterocycles. The maximum Gasteiger partial charge on any atom is 0.435 e. The van der Waals surface area contributed by atoms with E-state index in [0.717, 1.165) is 18.3 Å². The molecule has 4 aromatic heterocycles. The van der Waals surface area contributed by atoms with E-state index in [-0.39, 0.29) is 22.6 Å². The van der Waals surface area contributed by atoms with E-state index >= 15 is 0 Å². The number of nitrogens with one attached hydrogen (secondary N) is 1. The first-order chi connectivity index (χ1) is 17.4. The number of aromatic amines is 1. The second kappa shape index (κ2) is 8.43. The van der Waals surface area contributed by atoms with Gasteiger partial charge in [-0.25, -0.2) is 9.67 Å². The Bertz CT molecular complexity index is 1570. The molecule has 15 heteroatoms. The van der Waals surface area contributed by atoms with Crippen molar-refractivity contribution in [1.29, 1.82) is 5.26 Å². The molecule has 5 rings (SSSR count). The van der Waals surface area contributed by atoms with E-state index in [2.05, 4.69) is 25.1 Å². The number of pyridine rings is 1. The number of nitrogens with zero attached hydrogens (tertiary/aromatic N) is 7. The molecule has 192 valence electrons. The summed E-state index contributed by atoms with van der Waals surface area (Å²) < 4.78 is 80.1. The van der Waals surface area contributed by atoms with Gasteiger partial charge < -0.3 is 4.98 Å². The molecule has 1 saturated carbocycles. The first-order valence-corrected chi connectivity index (χ1v) is 11.0. The van der Waals surface area contributed by atoms with E-state index in [4.69, 9.17) is 0 Å². The van der Waals surface area contributed by atoms with Gasteiger partial charge in [0.15, 0.2) is 17.0 Å². The molecule has 9 nitrogen and oxygen atoms in total. The highest BCUT2D eigenvalue weighted by Gasteiger charge is 2.40. The van der Waals surface area contributed by atoms with E-state index in [1.54, 1.807) is 6.92 Å². The molecule has 0 saturated heterocycles. The number of rotatable bonds is 4. The molecule has 0 radical (unpaired) electrons. The minimum atomic E-state index is -4.62. The second-order valence-corrected chi connectivity index (χ2v) is 8.64. The summed E-state index contributed by atoms with van der Waals surface area (Å²) in [6, 6.07) is 3.47. The van der Waals surface area contributed by atoms with Crippen molar-refractivity contribution in [3.05, 3.63) is 69.4 Å². The molecule has 1 N–H and O–H groups in total. The molecule has 0 unspecified atom stereocenters. The van der Waals surface area contributed by atoms with Gasteiger partial charge in [-0.15, -0.1) is 0 Å². The fourth-order valence-corrected chi connectivity index (χ4v) is 4.34. The lowest BCUT2D eigenvalue weighted by Crippen LogP contribution is -2.31. The van der Waals surface area contributed by atoms with E-state index in [9.17, 15) is 36.4 Å². The van der Waals surface area contributed by atoms with Gasteiger partial charge in [0.05, 0.1) is 12.1 Å². The topological polar surface area (TPSA) is 118 Å². The minimum absolute atomic E-state index is 0.0183. The normalized spacial score (nSPS) is 19.0. The molecule has 4 aromatic rings. The van der Waals surface area contributed by atoms with E-state index in [0.29, 0.717) is 18.4 Å². The number of aromatic nitrogens is 7. The quantitative estimate of drug-likeness (QED) is 0.398. The Balaban J connectivity index is 1.54. The summed E-state index contributed by atoms with van der Waals surface area (Å²) in [4.78, 5) is 23.5. The van der Waals surface area contributed by atoms with Crippen molar-refractivity contribution in [2.75, 3.05) is 0 Å². The number of nitriles is 1. The fraction of sp³-hybridized carbons (Fsp3) is 0.364. The highest BCUT2D eigenvalue weighted by Crippen LogP contribution is 2.45. The zero-order chi connectivity index (χ0) is 26.7. The number of H-pyrrole nitrogens is 1. The molecule has 0 aromatic carbocycles. The van der Waals surface area contributed by atoms with Crippen molar-refractivity contribution in [1.82, 2.24) is 34.5 Å². The van der Waals surface area contributed by atoms with Gasteiger partial charge in [-0.1, -0.05) is 6.07 Å². The summed E-state index contributed by atoms with van der Waals surface area (Å²) in [5.74, 6) is -0.281. The van der Waals surface area contributed by atoms with Crippen LogP contribution in [0.4, 0.5) is 26.3 Å². The smallest absolute Gasteiger partial charge is 0.309 e. The van der Waals surface area contributed by atoms with Crippen LogP contribution < -0.4 is 5.56 Å². The third kappa shape index (κ3) is 4.21. The van der Waals surface area contributed by atoms with Crippen LogP contribution in [-0.2, 0) is 12.4 Å². The fourth-order valence-electron chi connectivity index (χ4n) is 4.34. The Kier molecular flexibility index (Phi) is 5.57. The minimum Gasteiger partial charge on any atom is -0.309 e. The average Bonchev–Trinajstić information content (AvgIpc) is 3.43. The molecule has 3 atom stereocenters. The van der Waals surface area contributed by atoms with E-state index < -0.39 is 47.3 Å². The van der Waals surface area contributed by atoms with Gasteiger partial charge in [0, 0.05) is 18.3 Å². The lowest BCUT2D eigenvalue weighted by Gasteiger charge is -2.35. The summed E-state index contributed by atoms with van der Waals surface area (Å²) in [6.07, 6.45) is -5.96. The van der Waals surface area contributed by atoms with Gasteiger partial charge in [-0.3, -0.25) is 14.5 Å². The number of halogens is 6. The van der Waals surface area contributed by atoms with Crippen molar-refractivity contribution in [3.63, 3.8) is 0 Å². The van der Waals surface area contributed by atoms with Crippen molar-refractivity contribution in [2.24, 2.45) is 0 Å². The van der Waals surface area contributed by atoms with Gasteiger partial charge in [0.1, 0.15) is 23.0 Å². The third-order valence-electron chi connectivity index (χ3n) is 6.44. The van der Waals surface area contributed by atoms with Crippen molar-refractivity contribution < 1.29 is 26.3 Å². The Labute approximate surface area is 203 Å². The Hall–Kier alpha value is -4.22. The molecule has 0 amide bonds. The van der Waals surface area contributed by atoms with Crippen LogP contribution in [-0.4, -0.2) is 34.5 Å². The van der Waals surface area contributed by atoms with Gasteiger partial charge in [0.25, 0.3) is 5.56 Å². The monoisotopic (exact) mass is 522 g/mol. The lowest BCUT2D eigenvalue weighted by molar-refractivity contribution is -0.142. The molecule has 1 fully saturated rings. The van der Waals surface area contributed by atoms with Crippen LogP contribution in [0.15, 0.2) is 35.4 Å². The maximum atomic E-state index is 13.0. The summed E-state index contributed by atoms with van der Waals surface area (Å²) in [7, 11) is 0. The number of hydrogen-bond acceptors (Lipinski definition) is 6. The molecular weight excluding hydrogens is 506 g/mol. The molecule has 1 aliphatic carbocycles. The maximum absolute atomic E-state index is 13.0. The zero-order valence-electron chi connectivity index (χ0n) is 18.8. The van der Waals surface area contributed by atoms with Crippen LogP contribution in [0.5, 0.6) is 0 Å². The SMILES string of the molecule is C[C@H](c1ccc(C(F)(F)F)nc1)n1nc(C#N)c2c(=O)[nH]c([C@H]3CC[C@@H]3n3ccc(C(F)(F)F)n3)nc21. The molecule has 0 spiro atoms. The summed E-state index contributed by atoms with van der Waals surface area (Å²) in [6.45, 7) is 1.59. The number of hydrogen-bond donors (Lipinski definition) is 1. The van der Waals surface area contributed by atoms with Crippen molar-refractivity contribution in [2.45, 2.75) is 50.1 Å². The Morgan fingerprint density at radius 2 is 1.81 bits per heavy atom. The molecule has 1 aliphatic rings. The van der Waals surface area contributed by atoms with Gasteiger partial charge in [-0.05, 0) is 37.5 Å². The largest absolute Gasteiger partial charge is 0.435 e. The molecule has 0 bridgehead atoms. The summed E-state index contributed by atoms with van der Waals surface area (Å²) >= 11 is 0. The van der Waals surface area contributed by atoms with Crippen LogP contribution in [0, 0.1) is 11.3 Å². The molecule has 37 heavy (non-hydrogen) atoms. The van der Waals surface area contributed by atoms with Gasteiger partial charge >= 0.3 is 12.4 Å². The molecular formula is C22H16F6N8O. The van der Waals surface area contributed by atoms with Crippen molar-refractivity contribution >= 4 is 11.0 Å². The molecule has 4 heterocycles. The number of alkyl halides is 6. The van der Waals surface area contributed by atoms with Crippen LogP contribution in [0.25, 0.3) is 11.0 Å². The first-order valence-electron chi connectivity index (χ1n) is 11.0. The zero-order valence-corrected chi connectivity index (χ0v) is 18.8. The first kappa shape index (κ1) is 24.5. The van der Waals surface area contributed by atoms with Crippen LogP contribution >= 0.6 is 0 Å². The van der Waals surface area contributed by atoms with Crippen LogP contribution in [0.2, 0.25) is 0 Å². The summed E-state index contributed by atoms with van der Waals surface area (Å²) in [5.41, 5.74) is -2.66. The second-order valence-electron chi connectivity index (χ2n) is 8.64. The number of fused-ring (bicyclic) bond motifs is 1. The Morgan fingerprint density at radius 1 is 1.08 bits per heavy atom. The van der Waals surface area contributed by atoms with E-state index in [1.165, 1.54) is 21.6 Å². The lowest BCUT2D eigenvalue weighted by atomic mass is 9.79. The highest BCUT2D eigenvalue weighted by atomic mass is 19.4. The highest BCUT2D eigenvalue weighted by molar-refractivity contribution is 5.80.